The van der Waals surface area contributed by atoms with Gasteiger partial charge in [-0.25, -0.2) is 0 Å². The van der Waals surface area contributed by atoms with Crippen LogP contribution in [-0.4, -0.2) is 10.8 Å². The van der Waals surface area contributed by atoms with Gasteiger partial charge in [0.25, 0.3) is 5.69 Å². The van der Waals surface area contributed by atoms with Gasteiger partial charge in [-0.2, -0.15) is 18.4 Å². The number of aryl methyl sites for hydroxylation is 1. The van der Waals surface area contributed by atoms with Crippen LogP contribution in [0.5, 0.6) is 0 Å². The number of halogens is 3. The predicted molar refractivity (Wildman–Crippen MR) is 88.8 cm³/mol. The third-order valence-electron chi connectivity index (χ3n) is 4.36. The van der Waals surface area contributed by atoms with Crippen molar-refractivity contribution in [2.45, 2.75) is 25.6 Å². The van der Waals surface area contributed by atoms with Gasteiger partial charge in [-0.15, -0.1) is 0 Å². The number of hydrogen-bond acceptors (Lipinski definition) is 4. The molecule has 0 radical (unpaired) electrons. The molecule has 1 aliphatic rings. The van der Waals surface area contributed by atoms with Crippen LogP contribution in [0.3, 0.4) is 0 Å². The third-order valence-corrected chi connectivity index (χ3v) is 4.36. The number of nitrogens with zero attached hydrogens (tertiary/aromatic N) is 3. The highest BCUT2D eigenvalue weighted by atomic mass is 19.4. The van der Waals surface area contributed by atoms with Gasteiger partial charge in [-0.05, 0) is 41.8 Å². The largest absolute Gasteiger partial charge is 0.416 e. The van der Waals surface area contributed by atoms with Crippen LogP contribution < -0.4 is 4.90 Å². The standard InChI is InChI=1S/C18H12F3N3O3/c19-18(20,21)14-3-1-12(9-22)13(7-14)10-23-16-5-4-15(24(26)27)8-11(16)2-6-17(23)25/h1,3-5,7-8H,2,6,10H2. The zero-order valence-corrected chi connectivity index (χ0v) is 13.8. The summed E-state index contributed by atoms with van der Waals surface area (Å²) in [5.74, 6) is -0.322. The quantitative estimate of drug-likeness (QED) is 0.600. The summed E-state index contributed by atoms with van der Waals surface area (Å²) in [6, 6.07) is 8.57. The molecular formula is C18H12F3N3O3. The van der Waals surface area contributed by atoms with Crippen LogP contribution in [0.1, 0.15) is 28.7 Å². The number of benzene rings is 2. The van der Waals surface area contributed by atoms with Crippen molar-refractivity contribution >= 4 is 17.3 Å². The number of carbonyl (C=O) groups is 1. The Kier molecular flexibility index (Phi) is 4.57. The van der Waals surface area contributed by atoms with E-state index in [0.29, 0.717) is 17.7 Å². The SMILES string of the molecule is N#Cc1ccc(C(F)(F)F)cc1CN1C(=O)CCc2cc([N+](=O)[O-])ccc21. The molecule has 2 aromatic rings. The van der Waals surface area contributed by atoms with Crippen molar-refractivity contribution in [3.63, 3.8) is 0 Å². The first-order valence-corrected chi connectivity index (χ1v) is 7.88. The van der Waals surface area contributed by atoms with Crippen LogP contribution >= 0.6 is 0 Å². The fourth-order valence-corrected chi connectivity index (χ4v) is 3.01. The summed E-state index contributed by atoms with van der Waals surface area (Å²) in [5, 5.41) is 20.1. The van der Waals surface area contributed by atoms with Crippen LogP contribution in [0.25, 0.3) is 0 Å². The Morgan fingerprint density at radius 1 is 1.19 bits per heavy atom. The van der Waals surface area contributed by atoms with Crippen LogP contribution in [0.4, 0.5) is 24.5 Å². The van der Waals surface area contributed by atoms with Crippen molar-refractivity contribution in [3.8, 4) is 6.07 Å². The molecule has 1 amide bonds. The number of nitro groups is 1. The van der Waals surface area contributed by atoms with Crippen molar-refractivity contribution in [1.29, 1.82) is 5.26 Å². The second-order valence-electron chi connectivity index (χ2n) is 6.03. The van der Waals surface area contributed by atoms with E-state index in [-0.39, 0.29) is 35.7 Å². The Bertz CT molecular complexity index is 980. The Hall–Kier alpha value is -3.41. The van der Waals surface area contributed by atoms with E-state index in [2.05, 4.69) is 0 Å². The molecule has 27 heavy (non-hydrogen) atoms. The van der Waals surface area contributed by atoms with Crippen molar-refractivity contribution in [2.75, 3.05) is 4.90 Å². The fraction of sp³-hybridized carbons (Fsp3) is 0.222. The summed E-state index contributed by atoms with van der Waals surface area (Å²) < 4.78 is 39.0. The molecule has 2 aromatic carbocycles. The highest BCUT2D eigenvalue weighted by Gasteiger charge is 2.32. The lowest BCUT2D eigenvalue weighted by Gasteiger charge is -2.29. The van der Waals surface area contributed by atoms with Crippen molar-refractivity contribution in [1.82, 2.24) is 0 Å². The Morgan fingerprint density at radius 2 is 1.93 bits per heavy atom. The van der Waals surface area contributed by atoms with Crippen molar-refractivity contribution in [3.05, 3.63) is 68.8 Å². The van der Waals surface area contributed by atoms with E-state index in [0.717, 1.165) is 18.2 Å². The number of anilines is 1. The van der Waals surface area contributed by atoms with E-state index >= 15 is 0 Å². The van der Waals surface area contributed by atoms with Crippen LogP contribution in [-0.2, 0) is 23.9 Å². The Labute approximate surface area is 151 Å². The number of non-ortho nitro benzene ring substituents is 1. The second-order valence-corrected chi connectivity index (χ2v) is 6.03. The first-order valence-electron chi connectivity index (χ1n) is 7.88. The molecule has 0 saturated carbocycles. The van der Waals surface area contributed by atoms with Crippen LogP contribution in [0, 0.1) is 21.4 Å². The molecule has 0 bridgehead atoms. The van der Waals surface area contributed by atoms with Gasteiger partial charge in [0.2, 0.25) is 5.91 Å². The molecule has 9 heteroatoms. The smallest absolute Gasteiger partial charge is 0.308 e. The molecule has 1 aliphatic heterocycles. The minimum atomic E-state index is -4.58. The predicted octanol–water partition coefficient (Wildman–Crippen LogP) is 3.96. The third kappa shape index (κ3) is 3.60. The molecule has 0 fully saturated rings. The molecule has 0 aromatic heterocycles. The summed E-state index contributed by atoms with van der Waals surface area (Å²) in [6.45, 7) is -0.226. The topological polar surface area (TPSA) is 87.2 Å². The summed E-state index contributed by atoms with van der Waals surface area (Å²) in [5.41, 5.74) is 0.0221. The van der Waals surface area contributed by atoms with E-state index < -0.39 is 16.7 Å². The van der Waals surface area contributed by atoms with Crippen molar-refractivity contribution < 1.29 is 22.9 Å². The monoisotopic (exact) mass is 375 g/mol. The van der Waals surface area contributed by atoms with Gasteiger partial charge in [0.1, 0.15) is 0 Å². The molecule has 138 valence electrons. The molecule has 0 unspecified atom stereocenters. The first-order chi connectivity index (χ1) is 12.7. The lowest BCUT2D eigenvalue weighted by atomic mass is 9.98. The number of rotatable bonds is 3. The number of nitriles is 1. The van der Waals surface area contributed by atoms with Gasteiger partial charge in [0.05, 0.1) is 28.7 Å². The molecule has 3 rings (SSSR count). The average Bonchev–Trinajstić information content (AvgIpc) is 2.62. The van der Waals surface area contributed by atoms with E-state index in [9.17, 15) is 33.3 Å². The highest BCUT2D eigenvalue weighted by molar-refractivity contribution is 5.96. The lowest BCUT2D eigenvalue weighted by Crippen LogP contribution is -2.34. The van der Waals surface area contributed by atoms with E-state index in [1.807, 2.05) is 6.07 Å². The zero-order valence-electron chi connectivity index (χ0n) is 13.8. The molecule has 0 saturated heterocycles. The number of amides is 1. The first kappa shape index (κ1) is 18.4. The Morgan fingerprint density at radius 3 is 2.56 bits per heavy atom. The van der Waals surface area contributed by atoms with Crippen LogP contribution in [0.15, 0.2) is 36.4 Å². The number of fused-ring (bicyclic) bond motifs is 1. The average molecular weight is 375 g/mol. The zero-order chi connectivity index (χ0) is 19.8. The van der Waals surface area contributed by atoms with Gasteiger partial charge in [0, 0.05) is 24.2 Å². The minimum Gasteiger partial charge on any atom is -0.308 e. The van der Waals surface area contributed by atoms with Gasteiger partial charge < -0.3 is 4.90 Å². The molecule has 0 spiro atoms. The van der Waals surface area contributed by atoms with Crippen molar-refractivity contribution in [2.24, 2.45) is 0 Å². The summed E-state index contributed by atoms with van der Waals surface area (Å²) in [4.78, 5) is 24.0. The molecule has 0 atom stereocenters. The highest BCUT2D eigenvalue weighted by Crippen LogP contribution is 2.34. The molecule has 1 heterocycles. The van der Waals surface area contributed by atoms with Crippen LogP contribution in [0.2, 0.25) is 0 Å². The maximum absolute atomic E-state index is 13.0. The van der Waals surface area contributed by atoms with E-state index in [1.54, 1.807) is 0 Å². The number of carbonyl (C=O) groups excluding carboxylic acids is 1. The fourth-order valence-electron chi connectivity index (χ4n) is 3.01. The summed E-state index contributed by atoms with van der Waals surface area (Å²) in [6.07, 6.45) is -4.19. The minimum absolute atomic E-state index is 0.0323. The molecule has 0 N–H and O–H groups in total. The van der Waals surface area contributed by atoms with E-state index in [4.69, 9.17) is 0 Å². The maximum atomic E-state index is 13.0. The summed E-state index contributed by atoms with van der Waals surface area (Å²) in [7, 11) is 0. The normalized spacial score (nSPS) is 13.9. The second kappa shape index (κ2) is 6.72. The number of alkyl halides is 3. The van der Waals surface area contributed by atoms with Gasteiger partial charge in [-0.1, -0.05) is 0 Å². The maximum Gasteiger partial charge on any atom is 0.416 e. The van der Waals surface area contributed by atoms with Gasteiger partial charge in [-0.3, -0.25) is 14.9 Å². The van der Waals surface area contributed by atoms with E-state index in [1.165, 1.54) is 23.1 Å². The lowest BCUT2D eigenvalue weighted by molar-refractivity contribution is -0.384. The Balaban J connectivity index is 2.02. The van der Waals surface area contributed by atoms with Gasteiger partial charge in [0.15, 0.2) is 0 Å². The number of nitro benzene ring substituents is 1. The summed E-state index contributed by atoms with van der Waals surface area (Å²) >= 11 is 0. The molecule has 6 nitrogen and oxygen atoms in total. The molecule has 0 aliphatic carbocycles. The van der Waals surface area contributed by atoms with Gasteiger partial charge >= 0.3 is 6.18 Å². The number of hydrogen-bond donors (Lipinski definition) is 0. The molecular weight excluding hydrogens is 363 g/mol.